The first kappa shape index (κ1) is 15.9. The summed E-state index contributed by atoms with van der Waals surface area (Å²) in [5, 5.41) is 3.62. The Bertz CT molecular complexity index is 751. The van der Waals surface area contributed by atoms with Gasteiger partial charge in [-0.25, -0.2) is 13.4 Å². The molecular weight excluding hydrogens is 333 g/mol. The van der Waals surface area contributed by atoms with Crippen molar-refractivity contribution < 1.29 is 8.42 Å². The van der Waals surface area contributed by atoms with Gasteiger partial charge < -0.3 is 5.32 Å². The van der Waals surface area contributed by atoms with E-state index < -0.39 is 10.0 Å². The molecule has 0 aliphatic heterocycles. The SMILES string of the molecule is CCNc1cc(S(=O)(=O)Nc2ccc(Cl)cc2Cl)ccn1. The number of benzene rings is 1. The van der Waals surface area contributed by atoms with Crippen molar-refractivity contribution in [1.82, 2.24) is 4.98 Å². The molecule has 1 aromatic carbocycles. The number of rotatable bonds is 5. The predicted molar refractivity (Wildman–Crippen MR) is 85.7 cm³/mol. The molecule has 1 heterocycles. The van der Waals surface area contributed by atoms with Crippen LogP contribution < -0.4 is 10.0 Å². The molecule has 0 radical (unpaired) electrons. The number of aromatic nitrogens is 1. The molecule has 0 saturated heterocycles. The smallest absolute Gasteiger partial charge is 0.262 e. The number of nitrogens with zero attached hydrogens (tertiary/aromatic N) is 1. The fourth-order valence-electron chi connectivity index (χ4n) is 1.63. The van der Waals surface area contributed by atoms with Crippen LogP contribution in [0, 0.1) is 0 Å². The summed E-state index contributed by atoms with van der Waals surface area (Å²) in [6.07, 6.45) is 1.43. The van der Waals surface area contributed by atoms with Crippen LogP contribution in [-0.4, -0.2) is 19.9 Å². The Hall–Kier alpha value is -1.50. The van der Waals surface area contributed by atoms with Crippen molar-refractivity contribution in [2.24, 2.45) is 0 Å². The van der Waals surface area contributed by atoms with Crippen LogP contribution in [0.3, 0.4) is 0 Å². The zero-order valence-corrected chi connectivity index (χ0v) is 13.4. The summed E-state index contributed by atoms with van der Waals surface area (Å²) in [7, 11) is -3.75. The molecule has 5 nitrogen and oxygen atoms in total. The third-order valence-electron chi connectivity index (χ3n) is 2.58. The van der Waals surface area contributed by atoms with E-state index in [-0.39, 0.29) is 15.6 Å². The van der Waals surface area contributed by atoms with Gasteiger partial charge in [0.2, 0.25) is 0 Å². The van der Waals surface area contributed by atoms with Gasteiger partial charge in [-0.15, -0.1) is 0 Å². The van der Waals surface area contributed by atoms with Gasteiger partial charge in [0, 0.05) is 23.8 Å². The molecule has 0 spiro atoms. The van der Waals surface area contributed by atoms with E-state index in [1.807, 2.05) is 6.92 Å². The number of pyridine rings is 1. The molecule has 2 rings (SSSR count). The Morgan fingerprint density at radius 1 is 1.19 bits per heavy atom. The van der Waals surface area contributed by atoms with Gasteiger partial charge >= 0.3 is 0 Å². The molecule has 8 heteroatoms. The second kappa shape index (κ2) is 6.51. The van der Waals surface area contributed by atoms with Crippen LogP contribution in [0.15, 0.2) is 41.4 Å². The molecule has 2 N–H and O–H groups in total. The summed E-state index contributed by atoms with van der Waals surface area (Å²) in [6, 6.07) is 7.40. The lowest BCUT2D eigenvalue weighted by Gasteiger charge is -2.11. The molecule has 1 aromatic heterocycles. The lowest BCUT2D eigenvalue weighted by molar-refractivity contribution is 0.601. The van der Waals surface area contributed by atoms with Gasteiger partial charge in [0.15, 0.2) is 0 Å². The van der Waals surface area contributed by atoms with Crippen molar-refractivity contribution in [3.05, 3.63) is 46.6 Å². The van der Waals surface area contributed by atoms with Gasteiger partial charge in [0.1, 0.15) is 5.82 Å². The molecule has 0 unspecified atom stereocenters. The summed E-state index contributed by atoms with van der Waals surface area (Å²) in [5.74, 6) is 0.488. The summed E-state index contributed by atoms with van der Waals surface area (Å²) >= 11 is 11.8. The lowest BCUT2D eigenvalue weighted by Crippen LogP contribution is -2.14. The van der Waals surface area contributed by atoms with Gasteiger partial charge in [-0.05, 0) is 31.2 Å². The average molecular weight is 346 g/mol. The second-order valence-corrected chi connectivity index (χ2v) is 6.66. The van der Waals surface area contributed by atoms with E-state index in [0.29, 0.717) is 17.4 Å². The molecule has 112 valence electrons. The Kier molecular flexibility index (Phi) is 4.92. The van der Waals surface area contributed by atoms with Crippen LogP contribution in [0.4, 0.5) is 11.5 Å². The van der Waals surface area contributed by atoms with Crippen LogP contribution >= 0.6 is 23.2 Å². The van der Waals surface area contributed by atoms with Crippen molar-refractivity contribution in [1.29, 1.82) is 0 Å². The highest BCUT2D eigenvalue weighted by Gasteiger charge is 2.16. The zero-order valence-electron chi connectivity index (χ0n) is 11.1. The highest BCUT2D eigenvalue weighted by Crippen LogP contribution is 2.27. The maximum atomic E-state index is 12.3. The molecule has 0 amide bonds. The van der Waals surface area contributed by atoms with Crippen molar-refractivity contribution in [3.63, 3.8) is 0 Å². The van der Waals surface area contributed by atoms with E-state index in [1.165, 1.54) is 30.5 Å². The molecule has 21 heavy (non-hydrogen) atoms. The minimum absolute atomic E-state index is 0.0967. The summed E-state index contributed by atoms with van der Waals surface area (Å²) in [4.78, 5) is 4.13. The van der Waals surface area contributed by atoms with Gasteiger partial charge in [0.05, 0.1) is 15.6 Å². The van der Waals surface area contributed by atoms with Gasteiger partial charge in [-0.3, -0.25) is 4.72 Å². The molecular formula is C13H13Cl2N3O2S. The summed E-state index contributed by atoms with van der Waals surface area (Å²) in [5.41, 5.74) is 0.267. The Morgan fingerprint density at radius 2 is 1.95 bits per heavy atom. The largest absolute Gasteiger partial charge is 0.370 e. The predicted octanol–water partition coefficient (Wildman–Crippen LogP) is 3.62. The van der Waals surface area contributed by atoms with E-state index in [0.717, 1.165) is 0 Å². The molecule has 0 saturated carbocycles. The fourth-order valence-corrected chi connectivity index (χ4v) is 3.24. The lowest BCUT2D eigenvalue weighted by atomic mass is 10.3. The summed E-state index contributed by atoms with van der Waals surface area (Å²) < 4.78 is 27.1. The first-order chi connectivity index (χ1) is 9.92. The van der Waals surface area contributed by atoms with Crippen LogP contribution in [0.2, 0.25) is 10.0 Å². The zero-order chi connectivity index (χ0) is 15.5. The first-order valence-corrected chi connectivity index (χ1v) is 8.34. The maximum Gasteiger partial charge on any atom is 0.262 e. The van der Waals surface area contributed by atoms with Crippen LogP contribution in [0.25, 0.3) is 0 Å². The monoisotopic (exact) mass is 345 g/mol. The highest BCUT2D eigenvalue weighted by atomic mass is 35.5. The molecule has 0 aliphatic rings. The third-order valence-corrected chi connectivity index (χ3v) is 4.49. The summed E-state index contributed by atoms with van der Waals surface area (Å²) in [6.45, 7) is 2.54. The van der Waals surface area contributed by atoms with Crippen LogP contribution in [-0.2, 0) is 10.0 Å². The Balaban J connectivity index is 2.31. The van der Waals surface area contributed by atoms with Gasteiger partial charge in [0.25, 0.3) is 10.0 Å². The quantitative estimate of drug-likeness (QED) is 0.867. The Morgan fingerprint density at radius 3 is 2.62 bits per heavy atom. The number of halogens is 2. The van der Waals surface area contributed by atoms with Crippen molar-refractivity contribution in [3.8, 4) is 0 Å². The molecule has 0 atom stereocenters. The van der Waals surface area contributed by atoms with Crippen molar-refractivity contribution >= 4 is 44.7 Å². The van der Waals surface area contributed by atoms with Crippen LogP contribution in [0.1, 0.15) is 6.92 Å². The standard InChI is InChI=1S/C13H13Cl2N3O2S/c1-2-16-13-8-10(5-6-17-13)21(19,20)18-12-4-3-9(14)7-11(12)15/h3-8,18H,2H2,1H3,(H,16,17). The van der Waals surface area contributed by atoms with E-state index in [1.54, 1.807) is 6.07 Å². The number of hydrogen-bond acceptors (Lipinski definition) is 4. The maximum absolute atomic E-state index is 12.3. The molecule has 2 aromatic rings. The fraction of sp³-hybridized carbons (Fsp3) is 0.154. The van der Waals surface area contributed by atoms with Crippen molar-refractivity contribution in [2.45, 2.75) is 11.8 Å². The van der Waals surface area contributed by atoms with E-state index >= 15 is 0 Å². The van der Waals surface area contributed by atoms with Gasteiger partial charge in [-0.1, -0.05) is 23.2 Å². The van der Waals surface area contributed by atoms with Gasteiger partial charge in [-0.2, -0.15) is 0 Å². The minimum atomic E-state index is -3.75. The molecule has 0 fully saturated rings. The molecule has 0 bridgehead atoms. The van der Waals surface area contributed by atoms with E-state index in [4.69, 9.17) is 23.2 Å². The topological polar surface area (TPSA) is 71.1 Å². The normalized spacial score (nSPS) is 11.2. The Labute approximate surface area is 133 Å². The van der Waals surface area contributed by atoms with Crippen molar-refractivity contribution in [2.75, 3.05) is 16.6 Å². The number of hydrogen-bond donors (Lipinski definition) is 2. The molecule has 0 aliphatic carbocycles. The van der Waals surface area contributed by atoms with E-state index in [9.17, 15) is 8.42 Å². The first-order valence-electron chi connectivity index (χ1n) is 6.10. The average Bonchev–Trinajstić information content (AvgIpc) is 2.43. The number of anilines is 2. The van der Waals surface area contributed by atoms with E-state index in [2.05, 4.69) is 15.0 Å². The third kappa shape index (κ3) is 4.00. The highest BCUT2D eigenvalue weighted by molar-refractivity contribution is 7.92. The van der Waals surface area contributed by atoms with Crippen LogP contribution in [0.5, 0.6) is 0 Å². The number of sulfonamides is 1. The second-order valence-electron chi connectivity index (χ2n) is 4.14. The number of nitrogens with one attached hydrogen (secondary N) is 2. The minimum Gasteiger partial charge on any atom is -0.370 e.